The summed E-state index contributed by atoms with van der Waals surface area (Å²) in [5.41, 5.74) is 1.93. The Bertz CT molecular complexity index is 820. The second kappa shape index (κ2) is 5.54. The predicted octanol–water partition coefficient (Wildman–Crippen LogP) is 1.30. The fourth-order valence-electron chi connectivity index (χ4n) is 2.93. The molecule has 23 heavy (non-hydrogen) atoms. The Morgan fingerprint density at radius 1 is 1.39 bits per heavy atom. The Morgan fingerprint density at radius 3 is 3.04 bits per heavy atom. The van der Waals surface area contributed by atoms with Crippen LogP contribution in [0.5, 0.6) is 0 Å². The topological polar surface area (TPSA) is 86.2 Å². The zero-order chi connectivity index (χ0) is 15.8. The molecule has 8 heteroatoms. The molecule has 120 valence electrons. The minimum Gasteiger partial charge on any atom is -0.338 e. The smallest absolute Gasteiger partial charge is 0.245 e. The van der Waals surface area contributed by atoms with Gasteiger partial charge >= 0.3 is 0 Å². The SMILES string of the molecule is CN[C@H]1CCN(c2nc(Nc3cc(C)[nH]n3)c3cccn3n2)C1. The van der Waals surface area contributed by atoms with Gasteiger partial charge in [-0.1, -0.05) is 0 Å². The first-order valence-electron chi connectivity index (χ1n) is 7.79. The average Bonchev–Trinajstić information content (AvgIpc) is 3.26. The third-order valence-corrected chi connectivity index (χ3v) is 4.21. The lowest BCUT2D eigenvalue weighted by molar-refractivity contribution is 0.615. The average molecular weight is 312 g/mol. The minimum atomic E-state index is 0.490. The van der Waals surface area contributed by atoms with Gasteiger partial charge in [-0.2, -0.15) is 10.1 Å². The Balaban J connectivity index is 1.70. The molecule has 0 spiro atoms. The third-order valence-electron chi connectivity index (χ3n) is 4.21. The molecule has 4 heterocycles. The molecular weight excluding hydrogens is 292 g/mol. The molecule has 1 saturated heterocycles. The highest BCUT2D eigenvalue weighted by Crippen LogP contribution is 2.23. The van der Waals surface area contributed by atoms with Gasteiger partial charge in [-0.05, 0) is 32.5 Å². The Kier molecular flexibility index (Phi) is 3.38. The van der Waals surface area contributed by atoms with Crippen LogP contribution in [0.1, 0.15) is 12.1 Å². The number of likely N-dealkylation sites (N-methyl/N-ethyl adjacent to an activating group) is 1. The maximum Gasteiger partial charge on any atom is 0.245 e. The van der Waals surface area contributed by atoms with Crippen LogP contribution in [-0.4, -0.2) is 51.0 Å². The quantitative estimate of drug-likeness (QED) is 0.673. The number of aromatic amines is 1. The van der Waals surface area contributed by atoms with Crippen molar-refractivity contribution >= 4 is 23.1 Å². The van der Waals surface area contributed by atoms with Gasteiger partial charge in [-0.3, -0.25) is 5.10 Å². The number of H-pyrrole nitrogens is 1. The van der Waals surface area contributed by atoms with Gasteiger partial charge in [-0.25, -0.2) is 4.52 Å². The summed E-state index contributed by atoms with van der Waals surface area (Å²) in [4.78, 5) is 6.94. The van der Waals surface area contributed by atoms with Crippen molar-refractivity contribution in [3.05, 3.63) is 30.1 Å². The van der Waals surface area contributed by atoms with Gasteiger partial charge in [0.25, 0.3) is 0 Å². The molecular formula is C15H20N8. The fourth-order valence-corrected chi connectivity index (χ4v) is 2.93. The summed E-state index contributed by atoms with van der Waals surface area (Å²) in [6, 6.07) is 6.40. The molecule has 0 aromatic carbocycles. The van der Waals surface area contributed by atoms with E-state index < -0.39 is 0 Å². The summed E-state index contributed by atoms with van der Waals surface area (Å²) in [5, 5.41) is 18.4. The molecule has 1 aliphatic heterocycles. The Morgan fingerprint density at radius 2 is 2.30 bits per heavy atom. The van der Waals surface area contributed by atoms with Crippen LogP contribution in [0.25, 0.3) is 5.52 Å². The van der Waals surface area contributed by atoms with Gasteiger partial charge in [0.1, 0.15) is 5.52 Å². The highest BCUT2D eigenvalue weighted by atomic mass is 15.4. The van der Waals surface area contributed by atoms with Crippen LogP contribution in [0.4, 0.5) is 17.6 Å². The van der Waals surface area contributed by atoms with Gasteiger partial charge in [0.2, 0.25) is 5.95 Å². The lowest BCUT2D eigenvalue weighted by Gasteiger charge is -2.17. The first-order chi connectivity index (χ1) is 11.2. The molecule has 0 saturated carbocycles. The molecule has 1 atom stereocenters. The molecule has 0 bridgehead atoms. The van der Waals surface area contributed by atoms with Crippen molar-refractivity contribution in [1.82, 2.24) is 30.1 Å². The van der Waals surface area contributed by atoms with Crippen molar-refractivity contribution in [3.63, 3.8) is 0 Å². The number of rotatable bonds is 4. The second-order valence-corrected chi connectivity index (χ2v) is 5.88. The van der Waals surface area contributed by atoms with Crippen molar-refractivity contribution in [1.29, 1.82) is 0 Å². The van der Waals surface area contributed by atoms with E-state index in [0.29, 0.717) is 6.04 Å². The predicted molar refractivity (Wildman–Crippen MR) is 89.3 cm³/mol. The summed E-state index contributed by atoms with van der Waals surface area (Å²) < 4.78 is 1.86. The van der Waals surface area contributed by atoms with E-state index in [9.17, 15) is 0 Å². The van der Waals surface area contributed by atoms with Crippen LogP contribution in [0, 0.1) is 6.92 Å². The van der Waals surface area contributed by atoms with Crippen molar-refractivity contribution in [3.8, 4) is 0 Å². The maximum atomic E-state index is 4.73. The lowest BCUT2D eigenvalue weighted by atomic mass is 10.3. The van der Waals surface area contributed by atoms with Gasteiger partial charge in [0, 0.05) is 37.1 Å². The van der Waals surface area contributed by atoms with E-state index in [4.69, 9.17) is 4.98 Å². The van der Waals surface area contributed by atoms with Crippen LogP contribution in [0.2, 0.25) is 0 Å². The second-order valence-electron chi connectivity index (χ2n) is 5.88. The molecule has 0 amide bonds. The minimum absolute atomic E-state index is 0.490. The van der Waals surface area contributed by atoms with Crippen LogP contribution < -0.4 is 15.5 Å². The molecule has 3 aromatic heterocycles. The lowest BCUT2D eigenvalue weighted by Crippen LogP contribution is -2.30. The third kappa shape index (κ3) is 2.61. The maximum absolute atomic E-state index is 4.73. The van der Waals surface area contributed by atoms with Crippen molar-refractivity contribution in [2.75, 3.05) is 30.4 Å². The van der Waals surface area contributed by atoms with E-state index in [1.165, 1.54) is 0 Å². The van der Waals surface area contributed by atoms with Gasteiger partial charge in [-0.15, -0.1) is 5.10 Å². The molecule has 3 aromatic rings. The van der Waals surface area contributed by atoms with Crippen molar-refractivity contribution < 1.29 is 0 Å². The van der Waals surface area contributed by atoms with Crippen LogP contribution in [-0.2, 0) is 0 Å². The fraction of sp³-hybridized carbons (Fsp3) is 0.400. The first-order valence-corrected chi connectivity index (χ1v) is 7.79. The van der Waals surface area contributed by atoms with E-state index in [0.717, 1.165) is 48.3 Å². The number of aryl methyl sites for hydroxylation is 1. The summed E-state index contributed by atoms with van der Waals surface area (Å²) in [6.45, 7) is 3.85. The molecule has 0 aliphatic carbocycles. The van der Waals surface area contributed by atoms with Gasteiger partial charge < -0.3 is 15.5 Å². The van der Waals surface area contributed by atoms with Gasteiger partial charge in [0.15, 0.2) is 11.6 Å². The number of fused-ring (bicyclic) bond motifs is 1. The van der Waals surface area contributed by atoms with Crippen LogP contribution in [0.3, 0.4) is 0 Å². The number of aromatic nitrogens is 5. The van der Waals surface area contributed by atoms with Gasteiger partial charge in [0.05, 0.1) is 0 Å². The first kappa shape index (κ1) is 14.0. The summed E-state index contributed by atoms with van der Waals surface area (Å²) >= 11 is 0. The highest BCUT2D eigenvalue weighted by Gasteiger charge is 2.24. The summed E-state index contributed by atoms with van der Waals surface area (Å²) in [6.07, 6.45) is 3.04. The molecule has 3 N–H and O–H groups in total. The number of nitrogens with one attached hydrogen (secondary N) is 3. The highest BCUT2D eigenvalue weighted by molar-refractivity contribution is 5.73. The van der Waals surface area contributed by atoms with E-state index >= 15 is 0 Å². The molecule has 1 fully saturated rings. The zero-order valence-corrected chi connectivity index (χ0v) is 13.2. The summed E-state index contributed by atoms with van der Waals surface area (Å²) in [7, 11) is 2.00. The number of hydrogen-bond acceptors (Lipinski definition) is 6. The van der Waals surface area contributed by atoms with Crippen molar-refractivity contribution in [2.45, 2.75) is 19.4 Å². The van der Waals surface area contributed by atoms with Crippen LogP contribution >= 0.6 is 0 Å². The normalized spacial score (nSPS) is 18.0. The van der Waals surface area contributed by atoms with E-state index in [-0.39, 0.29) is 0 Å². The van der Waals surface area contributed by atoms with Crippen LogP contribution in [0.15, 0.2) is 24.4 Å². The molecule has 8 nitrogen and oxygen atoms in total. The van der Waals surface area contributed by atoms with E-state index in [1.807, 2.05) is 42.9 Å². The Labute approximate surface area is 133 Å². The Hall–Kier alpha value is -2.61. The van der Waals surface area contributed by atoms with E-state index in [2.05, 4.69) is 30.8 Å². The number of hydrogen-bond donors (Lipinski definition) is 3. The largest absolute Gasteiger partial charge is 0.338 e. The summed E-state index contributed by atoms with van der Waals surface area (Å²) in [5.74, 6) is 2.25. The number of anilines is 3. The number of nitrogens with zero attached hydrogens (tertiary/aromatic N) is 5. The van der Waals surface area contributed by atoms with E-state index in [1.54, 1.807) is 0 Å². The molecule has 1 aliphatic rings. The zero-order valence-electron chi connectivity index (χ0n) is 13.2. The molecule has 0 radical (unpaired) electrons. The van der Waals surface area contributed by atoms with Crippen molar-refractivity contribution in [2.24, 2.45) is 0 Å². The molecule has 4 rings (SSSR count). The standard InChI is InChI=1S/C15H20N8/c1-10-8-13(20-19-10)17-14-12-4-3-6-23(12)21-15(18-14)22-7-5-11(9-22)16-2/h3-4,6,8,11,16H,5,7,9H2,1-2H3,(H2,17,18,19,20,21)/t11-/m0/s1. The molecule has 0 unspecified atom stereocenters. The monoisotopic (exact) mass is 312 g/mol.